The molecule has 1 amide bonds. The van der Waals surface area contributed by atoms with Gasteiger partial charge in [0.1, 0.15) is 17.4 Å². The molecule has 1 saturated carbocycles. The van der Waals surface area contributed by atoms with E-state index in [2.05, 4.69) is 0 Å². The monoisotopic (exact) mass is 403 g/mol. The number of para-hydroxylation sites is 1. The second-order valence-electron chi connectivity index (χ2n) is 9.29. The number of benzene rings is 1. The Labute approximate surface area is 173 Å². The summed E-state index contributed by atoms with van der Waals surface area (Å²) in [6.07, 6.45) is 3.59. The van der Waals surface area contributed by atoms with E-state index in [9.17, 15) is 14.7 Å². The molecular weight excluding hydrogens is 370 g/mol. The Bertz CT molecular complexity index is 733. The maximum atomic E-state index is 12.6. The Kier molecular flexibility index (Phi) is 6.52. The van der Waals surface area contributed by atoms with Crippen molar-refractivity contribution < 1.29 is 24.2 Å². The fourth-order valence-corrected chi connectivity index (χ4v) is 4.38. The number of ether oxygens (including phenoxy) is 2. The summed E-state index contributed by atoms with van der Waals surface area (Å²) in [7, 11) is 0. The molecule has 0 bridgehead atoms. The SMILES string of the molecule is C[C@@H]1CC(=O)C(COC2CCC(c3ccccc3O)CC2)N1C(=O)OC(C)(C)C. The lowest BCUT2D eigenvalue weighted by molar-refractivity contribution is -0.122. The molecule has 2 atom stereocenters. The number of ketones is 1. The summed E-state index contributed by atoms with van der Waals surface area (Å²) >= 11 is 0. The van der Waals surface area contributed by atoms with Crippen molar-refractivity contribution in [2.45, 2.75) is 89.5 Å². The first kappa shape index (κ1) is 21.6. The van der Waals surface area contributed by atoms with Crippen LogP contribution in [-0.4, -0.2) is 52.3 Å². The van der Waals surface area contributed by atoms with E-state index in [-0.39, 0.29) is 24.5 Å². The molecule has 1 aliphatic heterocycles. The highest BCUT2D eigenvalue weighted by atomic mass is 16.6. The number of likely N-dealkylation sites (tertiary alicyclic amines) is 1. The number of phenols is 1. The first-order valence-electron chi connectivity index (χ1n) is 10.6. The van der Waals surface area contributed by atoms with Gasteiger partial charge >= 0.3 is 6.09 Å². The van der Waals surface area contributed by atoms with Crippen molar-refractivity contribution in [2.24, 2.45) is 0 Å². The molecule has 6 heteroatoms. The van der Waals surface area contributed by atoms with Crippen molar-refractivity contribution in [3.63, 3.8) is 0 Å². The molecule has 1 aromatic carbocycles. The second-order valence-corrected chi connectivity index (χ2v) is 9.29. The molecule has 2 aliphatic rings. The number of phenolic OH excluding ortho intramolecular Hbond substituents is 1. The number of Topliss-reactive ketones (excluding diaryl/α,β-unsaturated/α-hetero) is 1. The zero-order chi connectivity index (χ0) is 21.2. The minimum Gasteiger partial charge on any atom is -0.508 e. The van der Waals surface area contributed by atoms with Crippen LogP contribution in [0.1, 0.15) is 71.3 Å². The van der Waals surface area contributed by atoms with E-state index < -0.39 is 17.7 Å². The number of nitrogens with zero attached hydrogens (tertiary/aromatic N) is 1. The van der Waals surface area contributed by atoms with Crippen molar-refractivity contribution >= 4 is 11.9 Å². The minimum atomic E-state index is -0.602. The van der Waals surface area contributed by atoms with Crippen molar-refractivity contribution in [3.05, 3.63) is 29.8 Å². The molecule has 1 heterocycles. The number of amides is 1. The second kappa shape index (κ2) is 8.74. The highest BCUT2D eigenvalue weighted by molar-refractivity contribution is 5.91. The molecule has 0 spiro atoms. The first-order valence-corrected chi connectivity index (χ1v) is 10.6. The third-order valence-electron chi connectivity index (χ3n) is 5.82. The van der Waals surface area contributed by atoms with Gasteiger partial charge in [-0.05, 0) is 70.9 Å². The highest BCUT2D eigenvalue weighted by Crippen LogP contribution is 2.38. The van der Waals surface area contributed by atoms with E-state index in [0.29, 0.717) is 18.1 Å². The van der Waals surface area contributed by atoms with Gasteiger partial charge < -0.3 is 14.6 Å². The topological polar surface area (TPSA) is 76.1 Å². The maximum absolute atomic E-state index is 12.6. The van der Waals surface area contributed by atoms with Gasteiger partial charge in [-0.3, -0.25) is 9.69 Å². The van der Waals surface area contributed by atoms with Crippen LogP contribution in [0.5, 0.6) is 5.75 Å². The molecule has 3 rings (SSSR count). The first-order chi connectivity index (χ1) is 13.7. The summed E-state index contributed by atoms with van der Waals surface area (Å²) < 4.78 is 11.6. The fraction of sp³-hybridized carbons (Fsp3) is 0.652. The summed E-state index contributed by atoms with van der Waals surface area (Å²) in [5.41, 5.74) is 0.400. The molecule has 1 aliphatic carbocycles. The molecule has 1 aromatic rings. The van der Waals surface area contributed by atoms with Gasteiger partial charge in [-0.25, -0.2) is 4.79 Å². The predicted molar refractivity (Wildman–Crippen MR) is 110 cm³/mol. The van der Waals surface area contributed by atoms with Crippen molar-refractivity contribution in [3.8, 4) is 5.75 Å². The van der Waals surface area contributed by atoms with Gasteiger partial charge in [0.25, 0.3) is 0 Å². The molecule has 2 fully saturated rings. The molecule has 1 saturated heterocycles. The van der Waals surface area contributed by atoms with Gasteiger partial charge in [-0.2, -0.15) is 0 Å². The largest absolute Gasteiger partial charge is 0.508 e. The number of carbonyl (C=O) groups excluding carboxylic acids is 2. The fourth-order valence-electron chi connectivity index (χ4n) is 4.38. The van der Waals surface area contributed by atoms with Crippen LogP contribution in [0.2, 0.25) is 0 Å². The summed E-state index contributed by atoms with van der Waals surface area (Å²) in [5.74, 6) is 0.726. The van der Waals surface area contributed by atoms with E-state index in [1.807, 2.05) is 45.9 Å². The maximum Gasteiger partial charge on any atom is 0.411 e. The van der Waals surface area contributed by atoms with Crippen LogP contribution in [0.4, 0.5) is 4.79 Å². The van der Waals surface area contributed by atoms with Crippen LogP contribution < -0.4 is 0 Å². The molecule has 6 nitrogen and oxygen atoms in total. The molecule has 0 aromatic heterocycles. The predicted octanol–water partition coefficient (Wildman–Crippen LogP) is 4.40. The standard InChI is InChI=1S/C23H33NO5/c1-15-13-21(26)19(24(15)22(27)29-23(2,3)4)14-28-17-11-9-16(10-12-17)18-7-5-6-8-20(18)25/h5-8,15-17,19,25H,9-14H2,1-4H3/t15-,16?,17?,19?/m1/s1. The lowest BCUT2D eigenvalue weighted by atomic mass is 9.82. The van der Waals surface area contributed by atoms with Crippen LogP contribution in [0.25, 0.3) is 0 Å². The lowest BCUT2D eigenvalue weighted by Gasteiger charge is -2.33. The number of rotatable bonds is 4. The van der Waals surface area contributed by atoms with E-state index in [0.717, 1.165) is 31.2 Å². The average Bonchev–Trinajstić information content (AvgIpc) is 2.93. The van der Waals surface area contributed by atoms with Gasteiger partial charge in [-0.15, -0.1) is 0 Å². The summed E-state index contributed by atoms with van der Waals surface area (Å²) in [4.78, 5) is 26.6. The summed E-state index contributed by atoms with van der Waals surface area (Å²) in [6, 6.07) is 6.76. The lowest BCUT2D eigenvalue weighted by Crippen LogP contribution is -2.47. The molecule has 0 radical (unpaired) electrons. The number of aromatic hydroxyl groups is 1. The van der Waals surface area contributed by atoms with E-state index in [1.54, 1.807) is 11.0 Å². The molecule has 1 unspecified atom stereocenters. The van der Waals surface area contributed by atoms with Gasteiger partial charge in [0.05, 0.1) is 12.7 Å². The Morgan fingerprint density at radius 3 is 2.45 bits per heavy atom. The van der Waals surface area contributed by atoms with E-state index in [1.165, 1.54) is 0 Å². The summed E-state index contributed by atoms with van der Waals surface area (Å²) in [6.45, 7) is 7.56. The molecule has 160 valence electrons. The normalized spacial score (nSPS) is 27.9. The molecule has 29 heavy (non-hydrogen) atoms. The van der Waals surface area contributed by atoms with Crippen molar-refractivity contribution in [2.75, 3.05) is 6.61 Å². The number of hydrogen-bond donors (Lipinski definition) is 1. The zero-order valence-electron chi connectivity index (χ0n) is 17.9. The number of hydrogen-bond acceptors (Lipinski definition) is 5. The zero-order valence-corrected chi connectivity index (χ0v) is 17.9. The van der Waals surface area contributed by atoms with Crippen molar-refractivity contribution in [1.29, 1.82) is 0 Å². The van der Waals surface area contributed by atoms with Gasteiger partial charge in [0.15, 0.2) is 5.78 Å². The van der Waals surface area contributed by atoms with Crippen LogP contribution in [0.15, 0.2) is 24.3 Å². The third-order valence-corrected chi connectivity index (χ3v) is 5.82. The Morgan fingerprint density at radius 2 is 1.83 bits per heavy atom. The quantitative estimate of drug-likeness (QED) is 0.806. The minimum absolute atomic E-state index is 0.0336. The molecule has 1 N–H and O–H groups in total. The highest BCUT2D eigenvalue weighted by Gasteiger charge is 2.43. The summed E-state index contributed by atoms with van der Waals surface area (Å²) in [5, 5.41) is 10.1. The average molecular weight is 404 g/mol. The van der Waals surface area contributed by atoms with E-state index in [4.69, 9.17) is 9.47 Å². The Morgan fingerprint density at radius 1 is 1.17 bits per heavy atom. The van der Waals surface area contributed by atoms with E-state index >= 15 is 0 Å². The van der Waals surface area contributed by atoms with Crippen LogP contribution in [-0.2, 0) is 14.3 Å². The van der Waals surface area contributed by atoms with Crippen LogP contribution >= 0.6 is 0 Å². The number of carbonyl (C=O) groups is 2. The van der Waals surface area contributed by atoms with Gasteiger partial charge in [0, 0.05) is 12.5 Å². The Balaban J connectivity index is 1.54. The van der Waals surface area contributed by atoms with Crippen LogP contribution in [0.3, 0.4) is 0 Å². The van der Waals surface area contributed by atoms with Gasteiger partial charge in [0.2, 0.25) is 0 Å². The smallest absolute Gasteiger partial charge is 0.411 e. The molecular formula is C23H33NO5. The van der Waals surface area contributed by atoms with Crippen molar-refractivity contribution in [1.82, 2.24) is 4.90 Å². The van der Waals surface area contributed by atoms with Crippen LogP contribution in [0, 0.1) is 0 Å². The van der Waals surface area contributed by atoms with Gasteiger partial charge in [-0.1, -0.05) is 18.2 Å². The third kappa shape index (κ3) is 5.30. The Hall–Kier alpha value is -2.08.